The number of rotatable bonds is 8. The first kappa shape index (κ1) is 13.7. The highest BCUT2D eigenvalue weighted by molar-refractivity contribution is 5.16. The molecule has 17 heavy (non-hydrogen) atoms. The van der Waals surface area contributed by atoms with Crippen molar-refractivity contribution in [3.05, 3.63) is 61.2 Å². The lowest BCUT2D eigenvalue weighted by Crippen LogP contribution is -2.39. The van der Waals surface area contributed by atoms with Crippen molar-refractivity contribution >= 4 is 0 Å². The van der Waals surface area contributed by atoms with Crippen LogP contribution < -0.4 is 0 Å². The van der Waals surface area contributed by atoms with Crippen molar-refractivity contribution in [2.45, 2.75) is 12.5 Å². The molecule has 0 aliphatic rings. The average Bonchev–Trinajstić information content (AvgIpc) is 2.37. The lowest BCUT2D eigenvalue weighted by Gasteiger charge is -2.28. The normalized spacial score (nSPS) is 12.4. The van der Waals surface area contributed by atoms with Gasteiger partial charge in [0.25, 0.3) is 0 Å². The Labute approximate surface area is 104 Å². The minimum atomic E-state index is 0.119. The zero-order valence-electron chi connectivity index (χ0n) is 10.3. The van der Waals surface area contributed by atoms with Gasteiger partial charge in [0.1, 0.15) is 0 Å². The lowest BCUT2D eigenvalue weighted by molar-refractivity contribution is 0.144. The third kappa shape index (κ3) is 4.55. The Balaban J connectivity index is 2.67. The number of hydrogen-bond acceptors (Lipinski definition) is 2. The summed E-state index contributed by atoms with van der Waals surface area (Å²) >= 11 is 0. The molecule has 0 saturated carbocycles. The third-order valence-corrected chi connectivity index (χ3v) is 2.77. The number of aliphatic hydroxyl groups is 1. The molecule has 1 aromatic carbocycles. The minimum absolute atomic E-state index is 0.119. The molecule has 2 heteroatoms. The van der Waals surface area contributed by atoms with Crippen LogP contribution in [0, 0.1) is 0 Å². The molecule has 1 aromatic rings. The molecule has 0 bridgehead atoms. The van der Waals surface area contributed by atoms with Crippen LogP contribution in [0.1, 0.15) is 5.56 Å². The summed E-state index contributed by atoms with van der Waals surface area (Å²) in [6.07, 6.45) is 4.56. The molecule has 0 aromatic heterocycles. The van der Waals surface area contributed by atoms with Crippen LogP contribution in [0.2, 0.25) is 0 Å². The molecule has 0 spiro atoms. The zero-order valence-corrected chi connectivity index (χ0v) is 10.3. The number of benzene rings is 1. The molecule has 0 saturated heterocycles. The Morgan fingerprint density at radius 1 is 1.12 bits per heavy atom. The molecular weight excluding hydrogens is 210 g/mol. The van der Waals surface area contributed by atoms with Gasteiger partial charge in [0.2, 0.25) is 0 Å². The van der Waals surface area contributed by atoms with Gasteiger partial charge in [0.15, 0.2) is 0 Å². The largest absolute Gasteiger partial charge is 0.395 e. The Kier molecular flexibility index (Phi) is 6.30. The molecule has 1 rings (SSSR count). The molecule has 92 valence electrons. The standard InChI is InChI=1S/C15H21NO/c1-3-10-16(11-4-2)15(13-17)12-14-8-6-5-7-9-14/h3-9,15,17H,1-2,10-13H2. The molecule has 0 amide bonds. The van der Waals surface area contributed by atoms with Crippen LogP contribution in [0.15, 0.2) is 55.6 Å². The van der Waals surface area contributed by atoms with Gasteiger partial charge < -0.3 is 5.11 Å². The summed E-state index contributed by atoms with van der Waals surface area (Å²) in [6.45, 7) is 9.18. The number of nitrogens with zero attached hydrogens (tertiary/aromatic N) is 1. The SMILES string of the molecule is C=CCN(CC=C)C(CO)Cc1ccccc1. The quantitative estimate of drug-likeness (QED) is 0.694. The topological polar surface area (TPSA) is 23.5 Å². The van der Waals surface area contributed by atoms with Crippen molar-refractivity contribution in [2.24, 2.45) is 0 Å². The fraction of sp³-hybridized carbons (Fsp3) is 0.333. The van der Waals surface area contributed by atoms with Gasteiger partial charge in [-0.25, -0.2) is 0 Å². The molecule has 1 unspecified atom stereocenters. The Bertz CT molecular complexity index is 324. The summed E-state index contributed by atoms with van der Waals surface area (Å²) in [6, 6.07) is 10.3. The van der Waals surface area contributed by atoms with Crippen LogP contribution >= 0.6 is 0 Å². The van der Waals surface area contributed by atoms with E-state index in [1.807, 2.05) is 30.4 Å². The van der Waals surface area contributed by atoms with E-state index in [0.29, 0.717) is 0 Å². The van der Waals surface area contributed by atoms with Crippen LogP contribution in [-0.4, -0.2) is 35.7 Å². The fourth-order valence-corrected chi connectivity index (χ4v) is 1.90. The zero-order chi connectivity index (χ0) is 12.5. The molecule has 0 heterocycles. The first-order chi connectivity index (χ1) is 8.31. The summed E-state index contributed by atoms with van der Waals surface area (Å²) in [4.78, 5) is 2.17. The fourth-order valence-electron chi connectivity index (χ4n) is 1.90. The molecule has 0 fully saturated rings. The van der Waals surface area contributed by atoms with Gasteiger partial charge in [-0.15, -0.1) is 13.2 Å². The number of hydrogen-bond donors (Lipinski definition) is 1. The second-order valence-electron chi connectivity index (χ2n) is 4.06. The highest BCUT2D eigenvalue weighted by atomic mass is 16.3. The molecule has 1 N–H and O–H groups in total. The Morgan fingerprint density at radius 3 is 2.18 bits per heavy atom. The van der Waals surface area contributed by atoms with Gasteiger partial charge in [0, 0.05) is 19.1 Å². The highest BCUT2D eigenvalue weighted by Crippen LogP contribution is 2.09. The van der Waals surface area contributed by atoms with E-state index in [1.54, 1.807) is 0 Å². The van der Waals surface area contributed by atoms with E-state index in [4.69, 9.17) is 0 Å². The summed E-state index contributed by atoms with van der Waals surface area (Å²) in [5, 5.41) is 9.50. The maximum atomic E-state index is 9.50. The van der Waals surface area contributed by atoms with Crippen molar-refractivity contribution in [2.75, 3.05) is 19.7 Å². The van der Waals surface area contributed by atoms with Gasteiger partial charge in [-0.05, 0) is 12.0 Å². The molecule has 0 radical (unpaired) electrons. The van der Waals surface area contributed by atoms with E-state index in [-0.39, 0.29) is 12.6 Å². The summed E-state index contributed by atoms with van der Waals surface area (Å²) in [5.41, 5.74) is 1.24. The van der Waals surface area contributed by atoms with Gasteiger partial charge in [-0.1, -0.05) is 42.5 Å². The first-order valence-electron chi connectivity index (χ1n) is 5.92. The van der Waals surface area contributed by atoms with E-state index in [1.165, 1.54) is 5.56 Å². The van der Waals surface area contributed by atoms with E-state index < -0.39 is 0 Å². The summed E-state index contributed by atoms with van der Waals surface area (Å²) in [7, 11) is 0. The van der Waals surface area contributed by atoms with Crippen LogP contribution in [0.3, 0.4) is 0 Å². The van der Waals surface area contributed by atoms with Gasteiger partial charge in [-0.2, -0.15) is 0 Å². The summed E-state index contributed by atoms with van der Waals surface area (Å²) < 4.78 is 0. The van der Waals surface area contributed by atoms with E-state index in [0.717, 1.165) is 19.5 Å². The maximum absolute atomic E-state index is 9.50. The molecule has 1 atom stereocenters. The molecular formula is C15H21NO. The lowest BCUT2D eigenvalue weighted by atomic mass is 10.1. The van der Waals surface area contributed by atoms with Crippen molar-refractivity contribution < 1.29 is 5.11 Å². The summed E-state index contributed by atoms with van der Waals surface area (Å²) in [5.74, 6) is 0. The molecule has 2 nitrogen and oxygen atoms in total. The van der Waals surface area contributed by atoms with Crippen molar-refractivity contribution in [3.8, 4) is 0 Å². The van der Waals surface area contributed by atoms with E-state index in [2.05, 4.69) is 30.2 Å². The Morgan fingerprint density at radius 2 is 1.71 bits per heavy atom. The smallest absolute Gasteiger partial charge is 0.0590 e. The van der Waals surface area contributed by atoms with E-state index in [9.17, 15) is 5.11 Å². The maximum Gasteiger partial charge on any atom is 0.0590 e. The second kappa shape index (κ2) is 7.82. The van der Waals surface area contributed by atoms with Crippen LogP contribution in [0.25, 0.3) is 0 Å². The number of aliphatic hydroxyl groups excluding tert-OH is 1. The Hall–Kier alpha value is -1.38. The second-order valence-corrected chi connectivity index (χ2v) is 4.06. The van der Waals surface area contributed by atoms with Gasteiger partial charge in [-0.3, -0.25) is 4.90 Å². The van der Waals surface area contributed by atoms with Crippen LogP contribution in [-0.2, 0) is 6.42 Å². The average molecular weight is 231 g/mol. The van der Waals surface area contributed by atoms with Crippen LogP contribution in [0.4, 0.5) is 0 Å². The molecule has 0 aliphatic carbocycles. The van der Waals surface area contributed by atoms with Crippen molar-refractivity contribution in [1.29, 1.82) is 0 Å². The van der Waals surface area contributed by atoms with Crippen molar-refractivity contribution in [3.63, 3.8) is 0 Å². The van der Waals surface area contributed by atoms with Crippen LogP contribution in [0.5, 0.6) is 0 Å². The highest BCUT2D eigenvalue weighted by Gasteiger charge is 2.15. The monoisotopic (exact) mass is 231 g/mol. The predicted molar refractivity (Wildman–Crippen MR) is 73.0 cm³/mol. The predicted octanol–water partition coefficient (Wildman–Crippen LogP) is 2.26. The van der Waals surface area contributed by atoms with Crippen molar-refractivity contribution in [1.82, 2.24) is 4.90 Å². The first-order valence-corrected chi connectivity index (χ1v) is 5.92. The minimum Gasteiger partial charge on any atom is -0.395 e. The van der Waals surface area contributed by atoms with E-state index >= 15 is 0 Å². The van der Waals surface area contributed by atoms with Gasteiger partial charge in [0.05, 0.1) is 6.61 Å². The third-order valence-electron chi connectivity index (χ3n) is 2.77. The van der Waals surface area contributed by atoms with Gasteiger partial charge >= 0.3 is 0 Å². The molecule has 0 aliphatic heterocycles.